The van der Waals surface area contributed by atoms with E-state index >= 15 is 0 Å². The van der Waals surface area contributed by atoms with Crippen molar-refractivity contribution in [3.63, 3.8) is 0 Å². The van der Waals surface area contributed by atoms with Crippen LogP contribution in [-0.2, 0) is 11.3 Å². The van der Waals surface area contributed by atoms with Crippen LogP contribution in [0.15, 0.2) is 65.5 Å². The van der Waals surface area contributed by atoms with Crippen molar-refractivity contribution in [1.82, 2.24) is 30.0 Å². The standard InChI is InChI=1S/C20H15ClN6O3/c1-13-11-17(28)19(23-26(13)16-9-7-14(21)8-10-16)20(29)30-12-18-22-24-25-27(18)15-5-3-2-4-6-15/h2-11H,12H2,1H3. The van der Waals surface area contributed by atoms with E-state index in [1.807, 2.05) is 30.3 Å². The van der Waals surface area contributed by atoms with E-state index in [0.717, 1.165) is 0 Å². The van der Waals surface area contributed by atoms with Gasteiger partial charge in [0.25, 0.3) is 0 Å². The summed E-state index contributed by atoms with van der Waals surface area (Å²) in [6.45, 7) is 1.49. The average Bonchev–Trinajstić information content (AvgIpc) is 3.22. The number of aromatic nitrogens is 6. The molecule has 0 saturated carbocycles. The number of nitrogens with zero attached hydrogens (tertiary/aromatic N) is 6. The van der Waals surface area contributed by atoms with Crippen molar-refractivity contribution < 1.29 is 9.53 Å². The largest absolute Gasteiger partial charge is 0.452 e. The van der Waals surface area contributed by atoms with E-state index in [4.69, 9.17) is 16.3 Å². The Morgan fingerprint density at radius 3 is 2.47 bits per heavy atom. The van der Waals surface area contributed by atoms with Gasteiger partial charge < -0.3 is 4.74 Å². The fourth-order valence-electron chi connectivity index (χ4n) is 2.80. The highest BCUT2D eigenvalue weighted by atomic mass is 35.5. The fourth-order valence-corrected chi connectivity index (χ4v) is 2.92. The Bertz CT molecular complexity index is 1250. The fraction of sp³-hybridized carbons (Fsp3) is 0.100. The zero-order chi connectivity index (χ0) is 21.1. The lowest BCUT2D eigenvalue weighted by atomic mass is 10.3. The number of carbonyl (C=O) groups is 1. The zero-order valence-corrected chi connectivity index (χ0v) is 16.5. The molecule has 0 N–H and O–H groups in total. The number of tetrazole rings is 1. The number of hydrogen-bond donors (Lipinski definition) is 0. The summed E-state index contributed by atoms with van der Waals surface area (Å²) in [6, 6.07) is 17.3. The topological polar surface area (TPSA) is 105 Å². The summed E-state index contributed by atoms with van der Waals surface area (Å²) in [4.78, 5) is 24.9. The maximum Gasteiger partial charge on any atom is 0.363 e. The van der Waals surface area contributed by atoms with Crippen molar-refractivity contribution in [3.05, 3.63) is 93.1 Å². The van der Waals surface area contributed by atoms with Gasteiger partial charge in [-0.05, 0) is 53.7 Å². The van der Waals surface area contributed by atoms with Crippen LogP contribution in [0.25, 0.3) is 11.4 Å². The quantitative estimate of drug-likeness (QED) is 0.455. The summed E-state index contributed by atoms with van der Waals surface area (Å²) in [5.41, 5.74) is 1.05. The molecule has 0 spiro atoms. The van der Waals surface area contributed by atoms with Gasteiger partial charge in [0.2, 0.25) is 11.1 Å². The highest BCUT2D eigenvalue weighted by molar-refractivity contribution is 6.30. The monoisotopic (exact) mass is 422 g/mol. The molecular formula is C20H15ClN6O3. The lowest BCUT2D eigenvalue weighted by Crippen LogP contribution is -2.24. The number of esters is 1. The molecule has 0 unspecified atom stereocenters. The van der Waals surface area contributed by atoms with Crippen LogP contribution in [0.2, 0.25) is 5.02 Å². The van der Waals surface area contributed by atoms with Gasteiger partial charge in [-0.25, -0.2) is 9.48 Å². The maximum atomic E-state index is 12.6. The van der Waals surface area contributed by atoms with Crippen molar-refractivity contribution in [2.24, 2.45) is 0 Å². The molecule has 2 aromatic carbocycles. The molecule has 0 saturated heterocycles. The van der Waals surface area contributed by atoms with Crippen LogP contribution in [0.5, 0.6) is 0 Å². The Balaban J connectivity index is 1.58. The molecule has 0 bridgehead atoms. The molecule has 0 amide bonds. The van der Waals surface area contributed by atoms with E-state index in [1.54, 1.807) is 31.2 Å². The number of ether oxygens (including phenoxy) is 1. The van der Waals surface area contributed by atoms with Gasteiger partial charge in [0.05, 0.1) is 11.4 Å². The number of benzene rings is 2. The maximum absolute atomic E-state index is 12.6. The highest BCUT2D eigenvalue weighted by Crippen LogP contribution is 2.14. The predicted octanol–water partition coefficient (Wildman–Crippen LogP) is 2.53. The molecule has 0 fully saturated rings. The van der Waals surface area contributed by atoms with Gasteiger partial charge in [-0.15, -0.1) is 5.10 Å². The minimum absolute atomic E-state index is 0.226. The summed E-state index contributed by atoms with van der Waals surface area (Å²) < 4.78 is 8.19. The van der Waals surface area contributed by atoms with Gasteiger partial charge >= 0.3 is 5.97 Å². The van der Waals surface area contributed by atoms with Crippen LogP contribution in [-0.4, -0.2) is 36.0 Å². The van der Waals surface area contributed by atoms with Crippen LogP contribution < -0.4 is 5.43 Å². The molecule has 0 aliphatic carbocycles. The van der Waals surface area contributed by atoms with Gasteiger partial charge in [0.1, 0.15) is 0 Å². The molecule has 0 atom stereocenters. The summed E-state index contributed by atoms with van der Waals surface area (Å²) >= 11 is 5.92. The number of halogens is 1. The Morgan fingerprint density at radius 1 is 1.03 bits per heavy atom. The summed E-state index contributed by atoms with van der Waals surface area (Å²) in [5, 5.41) is 16.1. The number of rotatable bonds is 5. The summed E-state index contributed by atoms with van der Waals surface area (Å²) in [6.07, 6.45) is 0. The Hall–Kier alpha value is -3.85. The summed E-state index contributed by atoms with van der Waals surface area (Å²) in [7, 11) is 0. The summed E-state index contributed by atoms with van der Waals surface area (Å²) in [5.74, 6) is -0.565. The van der Waals surface area contributed by atoms with Crippen LogP contribution in [0.4, 0.5) is 0 Å². The zero-order valence-electron chi connectivity index (χ0n) is 15.8. The first-order chi connectivity index (χ1) is 14.5. The number of hydrogen-bond acceptors (Lipinski definition) is 7. The first-order valence-electron chi connectivity index (χ1n) is 8.89. The van der Waals surface area contributed by atoms with Crippen molar-refractivity contribution in [1.29, 1.82) is 0 Å². The molecule has 0 aliphatic heterocycles. The third-order valence-electron chi connectivity index (χ3n) is 4.24. The third-order valence-corrected chi connectivity index (χ3v) is 4.49. The first-order valence-corrected chi connectivity index (χ1v) is 9.27. The molecule has 4 aromatic rings. The second-order valence-corrected chi connectivity index (χ2v) is 6.74. The minimum atomic E-state index is -0.870. The normalized spacial score (nSPS) is 10.7. The highest BCUT2D eigenvalue weighted by Gasteiger charge is 2.19. The van der Waals surface area contributed by atoms with E-state index in [1.165, 1.54) is 15.4 Å². The molecule has 0 aliphatic rings. The van der Waals surface area contributed by atoms with E-state index < -0.39 is 11.4 Å². The molecule has 2 heterocycles. The average molecular weight is 423 g/mol. The van der Waals surface area contributed by atoms with Gasteiger partial charge in [0, 0.05) is 16.8 Å². The van der Waals surface area contributed by atoms with E-state index in [2.05, 4.69) is 20.6 Å². The molecule has 4 rings (SSSR count). The molecule has 0 radical (unpaired) electrons. The number of para-hydroxylation sites is 1. The molecule has 150 valence electrons. The van der Waals surface area contributed by atoms with E-state index in [0.29, 0.717) is 27.9 Å². The number of aryl methyl sites for hydroxylation is 1. The van der Waals surface area contributed by atoms with E-state index in [9.17, 15) is 9.59 Å². The van der Waals surface area contributed by atoms with Crippen molar-refractivity contribution in [2.45, 2.75) is 13.5 Å². The first kappa shape index (κ1) is 19.5. The molecular weight excluding hydrogens is 408 g/mol. The van der Waals surface area contributed by atoms with E-state index in [-0.39, 0.29) is 12.3 Å². The Labute approximate surface area is 175 Å². The van der Waals surface area contributed by atoms with Gasteiger partial charge in [-0.1, -0.05) is 29.8 Å². The molecule has 10 heteroatoms. The Kier molecular flexibility index (Phi) is 5.36. The smallest absolute Gasteiger partial charge is 0.363 e. The number of carbonyl (C=O) groups excluding carboxylic acids is 1. The third kappa shape index (κ3) is 3.96. The minimum Gasteiger partial charge on any atom is -0.452 e. The lowest BCUT2D eigenvalue weighted by molar-refractivity contribution is 0.0448. The van der Waals surface area contributed by atoms with Gasteiger partial charge in [-0.3, -0.25) is 4.79 Å². The van der Waals surface area contributed by atoms with Crippen molar-refractivity contribution >= 4 is 17.6 Å². The molecule has 2 aromatic heterocycles. The second-order valence-electron chi connectivity index (χ2n) is 6.31. The Morgan fingerprint density at radius 2 is 1.73 bits per heavy atom. The van der Waals surface area contributed by atoms with Crippen molar-refractivity contribution in [2.75, 3.05) is 0 Å². The van der Waals surface area contributed by atoms with Crippen LogP contribution in [0, 0.1) is 6.92 Å². The van der Waals surface area contributed by atoms with Crippen LogP contribution >= 0.6 is 11.6 Å². The molecule has 9 nitrogen and oxygen atoms in total. The second kappa shape index (κ2) is 8.26. The van der Waals surface area contributed by atoms with Crippen LogP contribution in [0.1, 0.15) is 22.0 Å². The van der Waals surface area contributed by atoms with Crippen LogP contribution in [0.3, 0.4) is 0 Å². The predicted molar refractivity (Wildman–Crippen MR) is 108 cm³/mol. The lowest BCUT2D eigenvalue weighted by Gasteiger charge is -2.11. The molecule has 30 heavy (non-hydrogen) atoms. The van der Waals surface area contributed by atoms with Crippen molar-refractivity contribution in [3.8, 4) is 11.4 Å². The SMILES string of the molecule is Cc1cc(=O)c(C(=O)OCc2nnnn2-c2ccccc2)nn1-c1ccc(Cl)cc1. The van der Waals surface area contributed by atoms with Gasteiger partial charge in [0.15, 0.2) is 12.4 Å². The van der Waals surface area contributed by atoms with Gasteiger partial charge in [-0.2, -0.15) is 9.78 Å².